The van der Waals surface area contributed by atoms with Crippen molar-refractivity contribution in [1.29, 1.82) is 0 Å². The number of hydrogen-bond acceptors (Lipinski definition) is 3. The van der Waals surface area contributed by atoms with Gasteiger partial charge in [0.15, 0.2) is 0 Å². The first-order chi connectivity index (χ1) is 5.77. The third-order valence-electron chi connectivity index (χ3n) is 2.11. The van der Waals surface area contributed by atoms with Gasteiger partial charge in [-0.3, -0.25) is 10.1 Å². The van der Waals surface area contributed by atoms with Crippen LogP contribution in [-0.4, -0.2) is 30.7 Å². The minimum Gasteiger partial charge on any atom is -0.311 e. The molecule has 5 heteroatoms. The SMILES string of the molecule is O=C1N=C2CNCCC2C(=O)N1. The van der Waals surface area contributed by atoms with Gasteiger partial charge in [0.1, 0.15) is 0 Å². The molecule has 1 fully saturated rings. The lowest BCUT2D eigenvalue weighted by molar-refractivity contribution is -0.122. The van der Waals surface area contributed by atoms with E-state index in [2.05, 4.69) is 15.6 Å². The molecule has 1 saturated heterocycles. The van der Waals surface area contributed by atoms with Crippen LogP contribution in [0.15, 0.2) is 4.99 Å². The maximum atomic E-state index is 11.2. The average Bonchev–Trinajstić information content (AvgIpc) is 2.04. The van der Waals surface area contributed by atoms with Gasteiger partial charge in [-0.15, -0.1) is 0 Å². The number of nitrogens with one attached hydrogen (secondary N) is 2. The summed E-state index contributed by atoms with van der Waals surface area (Å²) < 4.78 is 0. The Bertz CT molecular complexity index is 272. The van der Waals surface area contributed by atoms with Crippen molar-refractivity contribution >= 4 is 17.6 Å². The van der Waals surface area contributed by atoms with Gasteiger partial charge >= 0.3 is 6.03 Å². The van der Waals surface area contributed by atoms with Crippen molar-refractivity contribution in [1.82, 2.24) is 10.6 Å². The Morgan fingerprint density at radius 3 is 3.08 bits per heavy atom. The molecule has 2 aliphatic rings. The molecule has 0 aromatic heterocycles. The van der Waals surface area contributed by atoms with E-state index in [4.69, 9.17) is 0 Å². The number of carbonyl (C=O) groups excluding carboxylic acids is 2. The lowest BCUT2D eigenvalue weighted by Crippen LogP contribution is -2.50. The van der Waals surface area contributed by atoms with Gasteiger partial charge in [-0.25, -0.2) is 9.79 Å². The number of rotatable bonds is 0. The standard InChI is InChI=1S/C7H9N3O2/c11-6-4-1-2-8-3-5(4)9-7(12)10-6/h4,8H,1-3H2,(H,10,11,12). The Balaban J connectivity index is 2.28. The first-order valence-corrected chi connectivity index (χ1v) is 3.90. The van der Waals surface area contributed by atoms with Crippen LogP contribution >= 0.6 is 0 Å². The molecule has 0 aromatic carbocycles. The number of urea groups is 1. The fraction of sp³-hybridized carbons (Fsp3) is 0.571. The number of nitrogens with zero attached hydrogens (tertiary/aromatic N) is 1. The molecule has 0 bridgehead atoms. The summed E-state index contributed by atoms with van der Waals surface area (Å²) in [5.74, 6) is -0.379. The summed E-state index contributed by atoms with van der Waals surface area (Å²) in [4.78, 5) is 25.7. The summed E-state index contributed by atoms with van der Waals surface area (Å²) in [7, 11) is 0. The van der Waals surface area contributed by atoms with Crippen molar-refractivity contribution in [2.45, 2.75) is 6.42 Å². The highest BCUT2D eigenvalue weighted by molar-refractivity contribution is 6.17. The number of amides is 3. The Labute approximate surface area is 69.2 Å². The zero-order chi connectivity index (χ0) is 8.55. The van der Waals surface area contributed by atoms with Crippen molar-refractivity contribution in [2.24, 2.45) is 10.9 Å². The van der Waals surface area contributed by atoms with Crippen molar-refractivity contribution in [3.05, 3.63) is 0 Å². The topological polar surface area (TPSA) is 70.6 Å². The lowest BCUT2D eigenvalue weighted by atomic mass is 9.94. The Morgan fingerprint density at radius 2 is 2.25 bits per heavy atom. The molecule has 2 aliphatic heterocycles. The smallest absolute Gasteiger partial charge is 0.311 e. The third kappa shape index (κ3) is 1.12. The monoisotopic (exact) mass is 167 g/mol. The van der Waals surface area contributed by atoms with Crippen molar-refractivity contribution in [3.8, 4) is 0 Å². The second kappa shape index (κ2) is 2.67. The van der Waals surface area contributed by atoms with Gasteiger partial charge in [0.25, 0.3) is 0 Å². The minimum absolute atomic E-state index is 0.177. The second-order valence-electron chi connectivity index (χ2n) is 2.92. The number of fused-ring (bicyclic) bond motifs is 1. The van der Waals surface area contributed by atoms with Gasteiger partial charge < -0.3 is 5.32 Å². The van der Waals surface area contributed by atoms with E-state index in [0.29, 0.717) is 12.3 Å². The third-order valence-corrected chi connectivity index (χ3v) is 2.11. The highest BCUT2D eigenvalue weighted by Gasteiger charge is 2.32. The molecule has 2 rings (SSSR count). The number of aliphatic imine (C=N–C) groups is 1. The molecule has 0 spiro atoms. The molecular formula is C7H9N3O2. The van der Waals surface area contributed by atoms with E-state index in [1.165, 1.54) is 0 Å². The van der Waals surface area contributed by atoms with Crippen LogP contribution in [0.25, 0.3) is 0 Å². The fourth-order valence-corrected chi connectivity index (χ4v) is 1.50. The van der Waals surface area contributed by atoms with E-state index < -0.39 is 6.03 Å². The van der Waals surface area contributed by atoms with Crippen LogP contribution in [0.4, 0.5) is 4.79 Å². The predicted octanol–water partition coefficient (Wildman–Crippen LogP) is -0.713. The Morgan fingerprint density at radius 1 is 1.42 bits per heavy atom. The van der Waals surface area contributed by atoms with E-state index in [9.17, 15) is 9.59 Å². The van der Waals surface area contributed by atoms with Gasteiger partial charge in [-0.2, -0.15) is 0 Å². The first kappa shape index (κ1) is 7.42. The molecule has 64 valence electrons. The van der Waals surface area contributed by atoms with E-state index >= 15 is 0 Å². The molecule has 3 amide bonds. The molecule has 1 atom stereocenters. The molecule has 2 N–H and O–H groups in total. The maximum absolute atomic E-state index is 11.2. The van der Waals surface area contributed by atoms with E-state index in [0.717, 1.165) is 13.0 Å². The number of piperidine rings is 1. The van der Waals surface area contributed by atoms with Gasteiger partial charge in [0.2, 0.25) is 5.91 Å². The van der Waals surface area contributed by atoms with Gasteiger partial charge in [-0.05, 0) is 13.0 Å². The molecule has 1 unspecified atom stereocenters. The molecule has 0 radical (unpaired) electrons. The molecule has 12 heavy (non-hydrogen) atoms. The Hall–Kier alpha value is -1.23. The van der Waals surface area contributed by atoms with Crippen LogP contribution in [0, 0.1) is 5.92 Å². The Kier molecular flexibility index (Phi) is 1.65. The van der Waals surface area contributed by atoms with Crippen molar-refractivity contribution in [3.63, 3.8) is 0 Å². The highest BCUT2D eigenvalue weighted by atomic mass is 16.2. The largest absolute Gasteiger partial charge is 0.347 e. The van der Waals surface area contributed by atoms with Crippen LogP contribution in [0.2, 0.25) is 0 Å². The summed E-state index contributed by atoms with van der Waals surface area (Å²) >= 11 is 0. The summed E-state index contributed by atoms with van der Waals surface area (Å²) in [6.07, 6.45) is 0.734. The van der Waals surface area contributed by atoms with Gasteiger partial charge in [-0.1, -0.05) is 0 Å². The fourth-order valence-electron chi connectivity index (χ4n) is 1.50. The lowest BCUT2D eigenvalue weighted by Gasteiger charge is -2.26. The quantitative estimate of drug-likeness (QED) is 0.500. The normalized spacial score (nSPS) is 29.0. The summed E-state index contributed by atoms with van der Waals surface area (Å²) in [5, 5.41) is 5.25. The van der Waals surface area contributed by atoms with Crippen molar-refractivity contribution in [2.75, 3.05) is 13.1 Å². The van der Waals surface area contributed by atoms with Crippen LogP contribution in [0.5, 0.6) is 0 Å². The average molecular weight is 167 g/mol. The van der Waals surface area contributed by atoms with E-state index in [-0.39, 0.29) is 11.8 Å². The van der Waals surface area contributed by atoms with Crippen molar-refractivity contribution < 1.29 is 9.59 Å². The molecular weight excluding hydrogens is 158 g/mol. The van der Waals surface area contributed by atoms with Crippen LogP contribution in [0.1, 0.15) is 6.42 Å². The van der Waals surface area contributed by atoms with Crippen LogP contribution in [-0.2, 0) is 4.79 Å². The van der Waals surface area contributed by atoms with Gasteiger partial charge in [0, 0.05) is 12.3 Å². The molecule has 2 heterocycles. The summed E-state index contributed by atoms with van der Waals surface area (Å²) in [5.41, 5.74) is 0.676. The molecule has 0 aliphatic carbocycles. The summed E-state index contributed by atoms with van der Waals surface area (Å²) in [6, 6.07) is -0.532. The maximum Gasteiger partial charge on any atom is 0.347 e. The van der Waals surface area contributed by atoms with E-state index in [1.807, 2.05) is 0 Å². The molecule has 0 saturated carbocycles. The molecule has 5 nitrogen and oxygen atoms in total. The first-order valence-electron chi connectivity index (χ1n) is 3.90. The number of hydrogen-bond donors (Lipinski definition) is 2. The van der Waals surface area contributed by atoms with Crippen LogP contribution in [0.3, 0.4) is 0 Å². The zero-order valence-electron chi connectivity index (χ0n) is 6.46. The highest BCUT2D eigenvalue weighted by Crippen LogP contribution is 2.13. The van der Waals surface area contributed by atoms with E-state index in [1.54, 1.807) is 0 Å². The number of carbonyl (C=O) groups is 2. The van der Waals surface area contributed by atoms with Crippen LogP contribution < -0.4 is 10.6 Å². The second-order valence-corrected chi connectivity index (χ2v) is 2.92. The zero-order valence-corrected chi connectivity index (χ0v) is 6.46. The predicted molar refractivity (Wildman–Crippen MR) is 42.0 cm³/mol. The molecule has 0 aromatic rings. The van der Waals surface area contributed by atoms with Gasteiger partial charge in [0.05, 0.1) is 5.92 Å². The summed E-state index contributed by atoms with van der Waals surface area (Å²) in [6.45, 7) is 1.37. The number of imide groups is 1. The minimum atomic E-state index is -0.532.